The predicted molar refractivity (Wildman–Crippen MR) is 76.8 cm³/mol. The summed E-state index contributed by atoms with van der Waals surface area (Å²) in [6.45, 7) is 4.82. The summed E-state index contributed by atoms with van der Waals surface area (Å²) in [6.07, 6.45) is 2.34. The number of hydrogen-bond acceptors (Lipinski definition) is 2. The van der Waals surface area contributed by atoms with E-state index in [0.717, 1.165) is 12.8 Å². The van der Waals surface area contributed by atoms with Crippen LogP contribution in [-0.2, 0) is 11.2 Å². The Morgan fingerprint density at radius 1 is 1.37 bits per heavy atom. The topological polar surface area (TPSA) is 43.1 Å². The van der Waals surface area contributed by atoms with E-state index in [1.807, 2.05) is 0 Å². The Kier molecular flexibility index (Phi) is 5.95. The Hall–Kier alpha value is -0.930. The van der Waals surface area contributed by atoms with Crippen LogP contribution in [0.4, 0.5) is 4.39 Å². The zero-order chi connectivity index (χ0) is 14.5. The molecule has 0 aliphatic heterocycles. The third-order valence-corrected chi connectivity index (χ3v) is 3.67. The van der Waals surface area contributed by atoms with Crippen LogP contribution in [0.15, 0.2) is 18.2 Å². The minimum Gasteiger partial charge on any atom is -0.330 e. The predicted octanol–water partition coefficient (Wildman–Crippen LogP) is 3.75. The summed E-state index contributed by atoms with van der Waals surface area (Å²) in [6, 6.07) is 4.10. The zero-order valence-electron chi connectivity index (χ0n) is 11.5. The van der Waals surface area contributed by atoms with Crippen molar-refractivity contribution >= 4 is 17.4 Å². The van der Waals surface area contributed by atoms with Gasteiger partial charge in [-0.15, -0.1) is 0 Å². The molecule has 0 saturated heterocycles. The van der Waals surface area contributed by atoms with Crippen LogP contribution >= 0.6 is 11.6 Å². The van der Waals surface area contributed by atoms with Crippen molar-refractivity contribution in [1.82, 2.24) is 0 Å². The molecular formula is C15H21ClFNO. The molecule has 1 aromatic carbocycles. The molecule has 1 aromatic rings. The Balaban J connectivity index is 2.54. The summed E-state index contributed by atoms with van der Waals surface area (Å²) < 4.78 is 13.1. The monoisotopic (exact) mass is 285 g/mol. The number of rotatable bonds is 7. The average Bonchev–Trinajstić information content (AvgIpc) is 2.31. The smallest absolute Gasteiger partial charge is 0.137 e. The van der Waals surface area contributed by atoms with Crippen molar-refractivity contribution in [3.63, 3.8) is 0 Å². The molecule has 0 aliphatic carbocycles. The van der Waals surface area contributed by atoms with E-state index in [-0.39, 0.29) is 23.4 Å². The first-order chi connectivity index (χ1) is 8.84. The van der Waals surface area contributed by atoms with E-state index < -0.39 is 0 Å². The quantitative estimate of drug-likeness (QED) is 0.829. The first kappa shape index (κ1) is 16.1. The maximum atomic E-state index is 13.1. The SMILES string of the molecule is CC(C)(CCN)CCC(=O)Cc1cc(F)ccc1Cl. The van der Waals surface area contributed by atoms with Crippen molar-refractivity contribution in [1.29, 1.82) is 0 Å². The fourth-order valence-electron chi connectivity index (χ4n) is 1.97. The van der Waals surface area contributed by atoms with E-state index in [0.29, 0.717) is 23.6 Å². The van der Waals surface area contributed by atoms with Gasteiger partial charge in [0.1, 0.15) is 11.6 Å². The van der Waals surface area contributed by atoms with Crippen LogP contribution in [0, 0.1) is 11.2 Å². The summed E-state index contributed by atoms with van der Waals surface area (Å²) in [5, 5.41) is 0.441. The van der Waals surface area contributed by atoms with E-state index in [1.165, 1.54) is 18.2 Å². The van der Waals surface area contributed by atoms with Crippen LogP contribution < -0.4 is 5.73 Å². The van der Waals surface area contributed by atoms with E-state index in [2.05, 4.69) is 13.8 Å². The lowest BCUT2D eigenvalue weighted by atomic mass is 9.83. The molecular weight excluding hydrogens is 265 g/mol. The number of benzene rings is 1. The van der Waals surface area contributed by atoms with Gasteiger partial charge in [-0.3, -0.25) is 4.79 Å². The molecule has 0 aromatic heterocycles. The summed E-state index contributed by atoms with van der Waals surface area (Å²) in [4.78, 5) is 11.9. The standard InChI is InChI=1S/C15H21ClFNO/c1-15(2,7-8-18)6-5-13(19)10-11-9-12(17)3-4-14(11)16/h3-4,9H,5-8,10,18H2,1-2H3. The molecule has 2 N–H and O–H groups in total. The van der Waals surface area contributed by atoms with Crippen molar-refractivity contribution in [3.8, 4) is 0 Å². The number of carbonyl (C=O) groups excluding carboxylic acids is 1. The second-order valence-corrected chi connectivity index (χ2v) is 6.06. The molecule has 0 amide bonds. The lowest BCUT2D eigenvalue weighted by Crippen LogP contribution is -2.19. The first-order valence-electron chi connectivity index (χ1n) is 6.50. The lowest BCUT2D eigenvalue weighted by molar-refractivity contribution is -0.119. The van der Waals surface area contributed by atoms with Gasteiger partial charge >= 0.3 is 0 Å². The van der Waals surface area contributed by atoms with Crippen LogP contribution in [0.1, 0.15) is 38.7 Å². The van der Waals surface area contributed by atoms with Gasteiger partial charge in [0.05, 0.1) is 0 Å². The molecule has 0 unspecified atom stereocenters. The minimum atomic E-state index is -0.365. The van der Waals surface area contributed by atoms with Crippen molar-refractivity contribution in [2.75, 3.05) is 6.54 Å². The highest BCUT2D eigenvalue weighted by Crippen LogP contribution is 2.26. The van der Waals surface area contributed by atoms with Crippen LogP contribution in [0.5, 0.6) is 0 Å². The number of hydrogen-bond donors (Lipinski definition) is 1. The Bertz CT molecular complexity index is 446. The highest BCUT2D eigenvalue weighted by atomic mass is 35.5. The van der Waals surface area contributed by atoms with Crippen LogP contribution in [-0.4, -0.2) is 12.3 Å². The maximum Gasteiger partial charge on any atom is 0.137 e. The third kappa shape index (κ3) is 5.70. The largest absolute Gasteiger partial charge is 0.330 e. The number of carbonyl (C=O) groups is 1. The van der Waals surface area contributed by atoms with Gasteiger partial charge in [0.15, 0.2) is 0 Å². The molecule has 1 rings (SSSR count). The van der Waals surface area contributed by atoms with Gasteiger partial charge in [-0.2, -0.15) is 0 Å². The normalized spacial score (nSPS) is 11.6. The van der Waals surface area contributed by atoms with Crippen LogP contribution in [0.25, 0.3) is 0 Å². The number of ketones is 1. The molecule has 0 radical (unpaired) electrons. The van der Waals surface area contributed by atoms with E-state index in [1.54, 1.807) is 0 Å². The van der Waals surface area contributed by atoms with E-state index >= 15 is 0 Å². The second-order valence-electron chi connectivity index (χ2n) is 5.65. The molecule has 2 nitrogen and oxygen atoms in total. The number of Topliss-reactive ketones (excluding diaryl/α,β-unsaturated/α-hetero) is 1. The molecule has 19 heavy (non-hydrogen) atoms. The Morgan fingerprint density at radius 3 is 2.68 bits per heavy atom. The lowest BCUT2D eigenvalue weighted by Gasteiger charge is -2.23. The van der Waals surface area contributed by atoms with Gasteiger partial charge in [-0.1, -0.05) is 25.4 Å². The maximum absolute atomic E-state index is 13.1. The summed E-state index contributed by atoms with van der Waals surface area (Å²) in [5.41, 5.74) is 6.16. The highest BCUT2D eigenvalue weighted by molar-refractivity contribution is 6.31. The summed E-state index contributed by atoms with van der Waals surface area (Å²) >= 11 is 5.94. The molecule has 106 valence electrons. The van der Waals surface area contributed by atoms with Gasteiger partial charge < -0.3 is 5.73 Å². The van der Waals surface area contributed by atoms with Crippen molar-refractivity contribution in [3.05, 3.63) is 34.6 Å². The molecule has 0 heterocycles. The van der Waals surface area contributed by atoms with Gasteiger partial charge in [-0.05, 0) is 48.6 Å². The fraction of sp³-hybridized carbons (Fsp3) is 0.533. The van der Waals surface area contributed by atoms with Crippen LogP contribution in [0.3, 0.4) is 0 Å². The van der Waals surface area contributed by atoms with Gasteiger partial charge in [-0.25, -0.2) is 4.39 Å². The molecule has 0 bridgehead atoms. The number of halogens is 2. The minimum absolute atomic E-state index is 0.0656. The first-order valence-corrected chi connectivity index (χ1v) is 6.87. The van der Waals surface area contributed by atoms with Crippen molar-refractivity contribution in [2.45, 2.75) is 39.5 Å². The van der Waals surface area contributed by atoms with E-state index in [4.69, 9.17) is 17.3 Å². The summed E-state index contributed by atoms with van der Waals surface area (Å²) in [5.74, 6) is -0.284. The fourth-order valence-corrected chi connectivity index (χ4v) is 2.16. The van der Waals surface area contributed by atoms with Crippen molar-refractivity contribution in [2.24, 2.45) is 11.1 Å². The van der Waals surface area contributed by atoms with Crippen LogP contribution in [0.2, 0.25) is 5.02 Å². The second kappa shape index (κ2) is 7.01. The van der Waals surface area contributed by atoms with Gasteiger partial charge in [0, 0.05) is 17.9 Å². The molecule has 4 heteroatoms. The summed E-state index contributed by atoms with van der Waals surface area (Å²) in [7, 11) is 0. The molecule has 0 atom stereocenters. The highest BCUT2D eigenvalue weighted by Gasteiger charge is 2.18. The molecule has 0 saturated carbocycles. The Morgan fingerprint density at radius 2 is 2.05 bits per heavy atom. The number of nitrogens with two attached hydrogens (primary N) is 1. The molecule has 0 aliphatic rings. The van der Waals surface area contributed by atoms with Gasteiger partial charge in [0.25, 0.3) is 0 Å². The third-order valence-electron chi connectivity index (χ3n) is 3.30. The molecule has 0 spiro atoms. The molecule has 0 fully saturated rings. The van der Waals surface area contributed by atoms with E-state index in [9.17, 15) is 9.18 Å². The average molecular weight is 286 g/mol. The zero-order valence-corrected chi connectivity index (χ0v) is 12.3. The van der Waals surface area contributed by atoms with Gasteiger partial charge in [0.2, 0.25) is 0 Å². The van der Waals surface area contributed by atoms with Crippen molar-refractivity contribution < 1.29 is 9.18 Å². The Labute approximate surface area is 119 Å².